The van der Waals surface area contributed by atoms with Crippen molar-refractivity contribution in [2.24, 2.45) is 11.8 Å². The second-order valence-corrected chi connectivity index (χ2v) is 7.30. The maximum absolute atomic E-state index is 11.5. The van der Waals surface area contributed by atoms with Gasteiger partial charge in [0, 0.05) is 19.6 Å². The summed E-state index contributed by atoms with van der Waals surface area (Å²) in [6, 6.07) is 14.2. The number of rotatable bonds is 6. The van der Waals surface area contributed by atoms with E-state index in [1.54, 1.807) is 14.2 Å². The molecule has 0 saturated carbocycles. The average molecular weight is 369 g/mol. The Hall–Kier alpha value is -2.53. The molecule has 144 valence electrons. The Morgan fingerprint density at radius 1 is 1.11 bits per heavy atom. The highest BCUT2D eigenvalue weighted by Gasteiger charge is 2.30. The summed E-state index contributed by atoms with van der Waals surface area (Å²) in [4.78, 5) is 13.7. The highest BCUT2D eigenvalue weighted by atomic mass is 16.5. The van der Waals surface area contributed by atoms with Crippen LogP contribution in [-0.2, 0) is 11.3 Å². The van der Waals surface area contributed by atoms with E-state index in [4.69, 9.17) is 9.47 Å². The molecule has 2 unspecified atom stereocenters. The predicted molar refractivity (Wildman–Crippen MR) is 105 cm³/mol. The molecule has 0 bridgehead atoms. The molecule has 5 heteroatoms. The highest BCUT2D eigenvalue weighted by molar-refractivity contribution is 5.72. The maximum Gasteiger partial charge on any atom is 0.307 e. The average Bonchev–Trinajstić information content (AvgIpc) is 2.67. The van der Waals surface area contributed by atoms with Crippen LogP contribution in [0.4, 0.5) is 0 Å². The lowest BCUT2D eigenvalue weighted by Gasteiger charge is -2.35. The maximum atomic E-state index is 11.5. The summed E-state index contributed by atoms with van der Waals surface area (Å²) in [6.07, 6.45) is 0.739. The van der Waals surface area contributed by atoms with Crippen LogP contribution in [0.15, 0.2) is 42.5 Å². The van der Waals surface area contributed by atoms with E-state index >= 15 is 0 Å². The molecule has 3 rings (SSSR count). The fourth-order valence-electron chi connectivity index (χ4n) is 3.95. The molecule has 27 heavy (non-hydrogen) atoms. The van der Waals surface area contributed by atoms with Crippen molar-refractivity contribution in [2.45, 2.75) is 19.9 Å². The minimum absolute atomic E-state index is 0.311. The smallest absolute Gasteiger partial charge is 0.307 e. The van der Waals surface area contributed by atoms with Crippen LogP contribution in [0.2, 0.25) is 0 Å². The van der Waals surface area contributed by atoms with Gasteiger partial charge in [-0.2, -0.15) is 0 Å². The fourth-order valence-corrected chi connectivity index (χ4v) is 3.95. The lowest BCUT2D eigenvalue weighted by Crippen LogP contribution is -2.42. The number of likely N-dealkylation sites (tertiary alicyclic amines) is 1. The van der Waals surface area contributed by atoms with Crippen LogP contribution in [0.5, 0.6) is 11.5 Å². The Morgan fingerprint density at radius 2 is 1.78 bits per heavy atom. The van der Waals surface area contributed by atoms with Crippen molar-refractivity contribution < 1.29 is 19.4 Å². The quantitative estimate of drug-likeness (QED) is 0.836. The fraction of sp³-hybridized carbons (Fsp3) is 0.409. The number of benzene rings is 2. The molecule has 1 heterocycles. The molecule has 0 aliphatic carbocycles. The normalized spacial score (nSPS) is 20.3. The number of methoxy groups -OCH3 is 2. The predicted octanol–water partition coefficient (Wildman–Crippen LogP) is 3.91. The number of carboxylic acid groups (broad SMARTS) is 1. The number of hydrogen-bond donors (Lipinski definition) is 1. The van der Waals surface area contributed by atoms with Gasteiger partial charge in [0.15, 0.2) is 11.5 Å². The van der Waals surface area contributed by atoms with Gasteiger partial charge in [-0.3, -0.25) is 9.69 Å². The Labute approximate surface area is 160 Å². The van der Waals surface area contributed by atoms with Gasteiger partial charge in [-0.15, -0.1) is 0 Å². The third kappa shape index (κ3) is 4.42. The van der Waals surface area contributed by atoms with Crippen molar-refractivity contribution >= 4 is 5.97 Å². The van der Waals surface area contributed by atoms with E-state index in [2.05, 4.69) is 24.0 Å². The number of carboxylic acids is 1. The van der Waals surface area contributed by atoms with E-state index in [1.165, 1.54) is 0 Å². The van der Waals surface area contributed by atoms with E-state index in [9.17, 15) is 9.90 Å². The third-order valence-electron chi connectivity index (χ3n) is 5.17. The first kappa shape index (κ1) is 19.2. The summed E-state index contributed by atoms with van der Waals surface area (Å²) in [6.45, 7) is 4.27. The molecular formula is C22H27NO4. The monoisotopic (exact) mass is 369 g/mol. The van der Waals surface area contributed by atoms with Crippen LogP contribution in [0.3, 0.4) is 0 Å². The molecule has 1 fully saturated rings. The molecule has 1 saturated heterocycles. The van der Waals surface area contributed by atoms with Gasteiger partial charge in [-0.05, 0) is 41.2 Å². The van der Waals surface area contributed by atoms with Crippen LogP contribution in [0.1, 0.15) is 18.9 Å². The number of piperidine rings is 1. The highest BCUT2D eigenvalue weighted by Crippen LogP contribution is 2.37. The van der Waals surface area contributed by atoms with E-state index in [0.717, 1.165) is 29.7 Å². The zero-order valence-electron chi connectivity index (χ0n) is 16.1. The first-order valence-corrected chi connectivity index (χ1v) is 9.27. The first-order chi connectivity index (χ1) is 13.0. The molecule has 1 aliphatic rings. The molecule has 2 aromatic rings. The Balaban J connectivity index is 1.97. The van der Waals surface area contributed by atoms with Gasteiger partial charge in [-0.1, -0.05) is 37.3 Å². The summed E-state index contributed by atoms with van der Waals surface area (Å²) < 4.78 is 11.0. The van der Waals surface area contributed by atoms with Crippen LogP contribution in [-0.4, -0.2) is 43.3 Å². The van der Waals surface area contributed by atoms with E-state index < -0.39 is 5.97 Å². The van der Waals surface area contributed by atoms with Gasteiger partial charge < -0.3 is 14.6 Å². The van der Waals surface area contributed by atoms with Crippen molar-refractivity contribution in [2.75, 3.05) is 27.3 Å². The number of nitrogens with zero attached hydrogens (tertiary/aromatic N) is 1. The molecule has 5 nitrogen and oxygen atoms in total. The molecular weight excluding hydrogens is 342 g/mol. The molecule has 0 radical (unpaired) electrons. The summed E-state index contributed by atoms with van der Waals surface area (Å²) in [5.41, 5.74) is 3.30. The zero-order chi connectivity index (χ0) is 19.4. The molecule has 1 aliphatic heterocycles. The SMILES string of the molecule is COc1cc(CN2CC(C)CC(C(=O)O)C2)c(-c2ccccc2)cc1OC. The van der Waals surface area contributed by atoms with Gasteiger partial charge in [0.1, 0.15) is 0 Å². The minimum Gasteiger partial charge on any atom is -0.493 e. The third-order valence-corrected chi connectivity index (χ3v) is 5.17. The number of carbonyl (C=O) groups is 1. The minimum atomic E-state index is -0.706. The second kappa shape index (κ2) is 8.44. The van der Waals surface area contributed by atoms with Crippen LogP contribution < -0.4 is 9.47 Å². The van der Waals surface area contributed by atoms with Crippen LogP contribution >= 0.6 is 0 Å². The van der Waals surface area contributed by atoms with Crippen molar-refractivity contribution in [1.29, 1.82) is 0 Å². The molecule has 1 N–H and O–H groups in total. The summed E-state index contributed by atoms with van der Waals surface area (Å²) in [7, 11) is 3.27. The second-order valence-electron chi connectivity index (χ2n) is 7.30. The van der Waals surface area contributed by atoms with Gasteiger partial charge in [0.2, 0.25) is 0 Å². The van der Waals surface area contributed by atoms with E-state index in [-0.39, 0.29) is 5.92 Å². The number of aliphatic carboxylic acids is 1. The topological polar surface area (TPSA) is 59.0 Å². The summed E-state index contributed by atoms with van der Waals surface area (Å²) >= 11 is 0. The Kier molecular flexibility index (Phi) is 6.01. The number of ether oxygens (including phenoxy) is 2. The molecule has 2 atom stereocenters. The Morgan fingerprint density at radius 3 is 2.41 bits per heavy atom. The van der Waals surface area contributed by atoms with E-state index in [0.29, 0.717) is 30.5 Å². The molecule has 0 aromatic heterocycles. The number of hydrogen-bond acceptors (Lipinski definition) is 4. The Bertz CT molecular complexity index is 790. The largest absolute Gasteiger partial charge is 0.493 e. The van der Waals surface area contributed by atoms with Crippen molar-refractivity contribution in [3.8, 4) is 22.6 Å². The van der Waals surface area contributed by atoms with Gasteiger partial charge >= 0.3 is 5.97 Å². The zero-order valence-corrected chi connectivity index (χ0v) is 16.1. The molecule has 2 aromatic carbocycles. The lowest BCUT2D eigenvalue weighted by molar-refractivity contribution is -0.144. The van der Waals surface area contributed by atoms with Crippen molar-refractivity contribution in [3.63, 3.8) is 0 Å². The van der Waals surface area contributed by atoms with E-state index in [1.807, 2.05) is 30.3 Å². The standard InChI is InChI=1S/C22H27NO4/c1-15-9-18(22(24)25)14-23(12-15)13-17-10-20(26-2)21(27-3)11-19(17)16-7-5-4-6-8-16/h4-8,10-11,15,18H,9,12-14H2,1-3H3,(H,24,25). The lowest BCUT2D eigenvalue weighted by atomic mass is 9.89. The van der Waals surface area contributed by atoms with Gasteiger partial charge in [0.05, 0.1) is 20.1 Å². The summed E-state index contributed by atoms with van der Waals surface area (Å²) in [5, 5.41) is 9.46. The molecule has 0 amide bonds. The van der Waals surface area contributed by atoms with Gasteiger partial charge in [-0.25, -0.2) is 0 Å². The summed E-state index contributed by atoms with van der Waals surface area (Å²) in [5.74, 6) is 0.721. The van der Waals surface area contributed by atoms with Crippen molar-refractivity contribution in [1.82, 2.24) is 4.90 Å². The van der Waals surface area contributed by atoms with Crippen molar-refractivity contribution in [3.05, 3.63) is 48.0 Å². The van der Waals surface area contributed by atoms with Crippen LogP contribution in [0, 0.1) is 11.8 Å². The first-order valence-electron chi connectivity index (χ1n) is 9.27. The van der Waals surface area contributed by atoms with Crippen LogP contribution in [0.25, 0.3) is 11.1 Å². The van der Waals surface area contributed by atoms with Gasteiger partial charge in [0.25, 0.3) is 0 Å². The molecule has 0 spiro atoms.